The van der Waals surface area contributed by atoms with Crippen molar-refractivity contribution in [3.05, 3.63) is 17.5 Å². The highest BCUT2D eigenvalue weighted by molar-refractivity contribution is 6.06. The number of rotatable bonds is 4. The summed E-state index contributed by atoms with van der Waals surface area (Å²) in [4.78, 5) is 24.9. The van der Waals surface area contributed by atoms with Crippen molar-refractivity contribution >= 4 is 11.8 Å². The third kappa shape index (κ3) is 3.15. The summed E-state index contributed by atoms with van der Waals surface area (Å²) in [6.45, 7) is 0. The summed E-state index contributed by atoms with van der Waals surface area (Å²) in [7, 11) is 1.70. The maximum absolute atomic E-state index is 12.5. The van der Waals surface area contributed by atoms with Crippen LogP contribution in [-0.4, -0.2) is 33.7 Å². The van der Waals surface area contributed by atoms with Crippen molar-refractivity contribution in [2.45, 2.75) is 63.5 Å². The number of amides is 2. The fraction of sp³-hybridized carbons (Fsp3) is 0.688. The Hall–Kier alpha value is -1.85. The molecule has 0 aliphatic heterocycles. The number of carbonyl (C=O) groups excluding carboxylic acids is 2. The minimum Gasteiger partial charge on any atom is -0.349 e. The van der Waals surface area contributed by atoms with Gasteiger partial charge in [-0.15, -0.1) is 0 Å². The highest BCUT2D eigenvalue weighted by Gasteiger charge is 2.27. The Morgan fingerprint density at radius 3 is 2.05 bits per heavy atom. The number of aromatic nitrogens is 2. The summed E-state index contributed by atoms with van der Waals surface area (Å²) in [5.74, 6) is -0.375. The summed E-state index contributed by atoms with van der Waals surface area (Å²) >= 11 is 0. The van der Waals surface area contributed by atoms with Crippen LogP contribution >= 0.6 is 0 Å². The molecular weight excluding hydrogens is 280 g/mol. The minimum atomic E-state index is -0.191. The van der Waals surface area contributed by atoms with Gasteiger partial charge in [-0.3, -0.25) is 14.3 Å². The molecule has 2 amide bonds. The molecule has 1 aromatic rings. The topological polar surface area (TPSA) is 76.0 Å². The Labute approximate surface area is 130 Å². The molecule has 0 atom stereocenters. The maximum Gasteiger partial charge on any atom is 0.270 e. The zero-order valence-electron chi connectivity index (χ0n) is 13.1. The van der Waals surface area contributed by atoms with Crippen molar-refractivity contribution < 1.29 is 9.59 Å². The normalized spacial score (nSPS) is 19.5. The van der Waals surface area contributed by atoms with Gasteiger partial charge in [-0.05, 0) is 25.7 Å². The smallest absolute Gasteiger partial charge is 0.270 e. The van der Waals surface area contributed by atoms with E-state index in [0.717, 1.165) is 51.4 Å². The number of hydrogen-bond acceptors (Lipinski definition) is 3. The van der Waals surface area contributed by atoms with Gasteiger partial charge in [0.05, 0.1) is 11.8 Å². The molecule has 0 saturated heterocycles. The molecular formula is C16H24N4O2. The van der Waals surface area contributed by atoms with Crippen LogP contribution < -0.4 is 10.6 Å². The van der Waals surface area contributed by atoms with Crippen LogP contribution in [0.15, 0.2) is 6.20 Å². The molecule has 2 aliphatic carbocycles. The average Bonchev–Trinajstić information content (AvgIpc) is 3.20. The molecule has 2 N–H and O–H groups in total. The second-order valence-corrected chi connectivity index (χ2v) is 6.44. The first-order valence-corrected chi connectivity index (χ1v) is 8.29. The molecule has 0 aromatic carbocycles. The Morgan fingerprint density at radius 2 is 1.50 bits per heavy atom. The molecule has 1 aromatic heterocycles. The predicted octanol–water partition coefficient (Wildman–Crippen LogP) is 1.76. The van der Waals surface area contributed by atoms with Crippen molar-refractivity contribution in [3.63, 3.8) is 0 Å². The third-order valence-electron chi connectivity index (χ3n) is 4.78. The zero-order valence-corrected chi connectivity index (χ0v) is 13.1. The summed E-state index contributed by atoms with van der Waals surface area (Å²) in [6, 6.07) is 0.464. The highest BCUT2D eigenvalue weighted by atomic mass is 16.2. The van der Waals surface area contributed by atoms with Gasteiger partial charge in [-0.2, -0.15) is 5.10 Å². The van der Waals surface area contributed by atoms with Gasteiger partial charge in [0, 0.05) is 19.1 Å². The fourth-order valence-electron chi connectivity index (χ4n) is 3.53. The second kappa shape index (κ2) is 6.50. The molecule has 0 radical (unpaired) electrons. The van der Waals surface area contributed by atoms with Gasteiger partial charge in [0.25, 0.3) is 11.8 Å². The van der Waals surface area contributed by atoms with Crippen LogP contribution in [-0.2, 0) is 7.05 Å². The molecule has 0 unspecified atom stereocenters. The highest BCUT2D eigenvalue weighted by Crippen LogP contribution is 2.20. The Balaban J connectivity index is 1.71. The first-order valence-electron chi connectivity index (χ1n) is 8.29. The Morgan fingerprint density at radius 1 is 1.00 bits per heavy atom. The third-order valence-corrected chi connectivity index (χ3v) is 4.78. The molecule has 0 spiro atoms. The van der Waals surface area contributed by atoms with Gasteiger partial charge >= 0.3 is 0 Å². The van der Waals surface area contributed by atoms with Crippen molar-refractivity contribution in [1.29, 1.82) is 0 Å². The van der Waals surface area contributed by atoms with E-state index in [1.807, 2.05) is 0 Å². The predicted molar refractivity (Wildman–Crippen MR) is 82.7 cm³/mol. The number of carbonyl (C=O) groups is 2. The lowest BCUT2D eigenvalue weighted by Crippen LogP contribution is -2.37. The quantitative estimate of drug-likeness (QED) is 0.890. The van der Waals surface area contributed by atoms with E-state index in [4.69, 9.17) is 0 Å². The van der Waals surface area contributed by atoms with E-state index in [1.165, 1.54) is 10.9 Å². The van der Waals surface area contributed by atoms with Crippen LogP contribution in [0.2, 0.25) is 0 Å². The van der Waals surface area contributed by atoms with Gasteiger partial charge in [0.1, 0.15) is 5.69 Å². The molecule has 6 heteroatoms. The van der Waals surface area contributed by atoms with Gasteiger partial charge in [0.2, 0.25) is 0 Å². The Bertz CT molecular complexity index is 554. The van der Waals surface area contributed by atoms with Gasteiger partial charge in [-0.1, -0.05) is 25.7 Å². The molecule has 6 nitrogen and oxygen atoms in total. The van der Waals surface area contributed by atoms with Crippen LogP contribution in [0.3, 0.4) is 0 Å². The fourth-order valence-corrected chi connectivity index (χ4v) is 3.53. The standard InChI is InChI=1S/C16H24N4O2/c1-20-14(16(22)19-12-8-4-5-9-12)13(10-17-20)15(21)18-11-6-2-3-7-11/h10-12H,2-9H2,1H3,(H,18,21)(H,19,22). The van der Waals surface area contributed by atoms with Crippen LogP contribution in [0.1, 0.15) is 72.2 Å². The van der Waals surface area contributed by atoms with Crippen molar-refractivity contribution in [2.75, 3.05) is 0 Å². The van der Waals surface area contributed by atoms with Gasteiger partial charge in [-0.25, -0.2) is 0 Å². The Kier molecular flexibility index (Phi) is 4.45. The van der Waals surface area contributed by atoms with Crippen molar-refractivity contribution in [1.82, 2.24) is 20.4 Å². The first kappa shape index (κ1) is 15.1. The van der Waals surface area contributed by atoms with Crippen LogP contribution in [0.5, 0.6) is 0 Å². The summed E-state index contributed by atoms with van der Waals surface area (Å²) in [6.07, 6.45) is 10.2. The van der Waals surface area contributed by atoms with Gasteiger partial charge < -0.3 is 10.6 Å². The maximum atomic E-state index is 12.5. The van der Waals surface area contributed by atoms with Crippen LogP contribution in [0, 0.1) is 0 Å². The lowest BCUT2D eigenvalue weighted by molar-refractivity contribution is 0.0897. The summed E-state index contributed by atoms with van der Waals surface area (Å²) < 4.78 is 1.49. The molecule has 3 rings (SSSR count). The average molecular weight is 304 g/mol. The molecule has 22 heavy (non-hydrogen) atoms. The van der Waals surface area contributed by atoms with Gasteiger partial charge in [0.15, 0.2) is 0 Å². The monoisotopic (exact) mass is 304 g/mol. The molecule has 0 bridgehead atoms. The second-order valence-electron chi connectivity index (χ2n) is 6.44. The van der Waals surface area contributed by atoms with E-state index >= 15 is 0 Å². The molecule has 120 valence electrons. The molecule has 2 aliphatic rings. The first-order chi connectivity index (χ1) is 10.6. The van der Waals surface area contributed by atoms with E-state index in [0.29, 0.717) is 11.3 Å². The van der Waals surface area contributed by atoms with E-state index in [9.17, 15) is 9.59 Å². The van der Waals surface area contributed by atoms with Crippen molar-refractivity contribution in [2.24, 2.45) is 7.05 Å². The minimum absolute atomic E-state index is 0.184. The number of aryl methyl sites for hydroxylation is 1. The largest absolute Gasteiger partial charge is 0.349 e. The van der Waals surface area contributed by atoms with Crippen molar-refractivity contribution in [3.8, 4) is 0 Å². The summed E-state index contributed by atoms with van der Waals surface area (Å²) in [5.41, 5.74) is 0.743. The zero-order chi connectivity index (χ0) is 15.5. The lowest BCUT2D eigenvalue weighted by atomic mass is 10.1. The SMILES string of the molecule is Cn1ncc(C(=O)NC2CCCC2)c1C(=O)NC1CCCC1. The van der Waals surface area contributed by atoms with E-state index in [1.54, 1.807) is 7.05 Å². The van der Waals surface area contributed by atoms with E-state index < -0.39 is 0 Å². The number of nitrogens with one attached hydrogen (secondary N) is 2. The number of hydrogen-bond donors (Lipinski definition) is 2. The van der Waals surface area contributed by atoms with E-state index in [2.05, 4.69) is 15.7 Å². The van der Waals surface area contributed by atoms with E-state index in [-0.39, 0.29) is 23.9 Å². The van der Waals surface area contributed by atoms with Crippen LogP contribution in [0.25, 0.3) is 0 Å². The molecule has 2 saturated carbocycles. The molecule has 2 fully saturated rings. The number of nitrogens with zero attached hydrogens (tertiary/aromatic N) is 2. The summed E-state index contributed by atoms with van der Waals surface area (Å²) in [5, 5.41) is 10.2. The molecule has 1 heterocycles. The lowest BCUT2D eigenvalue weighted by Gasteiger charge is -2.14. The van der Waals surface area contributed by atoms with Crippen LogP contribution in [0.4, 0.5) is 0 Å².